The van der Waals surface area contributed by atoms with Gasteiger partial charge in [-0.2, -0.15) is 8.42 Å². The van der Waals surface area contributed by atoms with Gasteiger partial charge in [-0.15, -0.1) is 5.10 Å². The van der Waals surface area contributed by atoms with Gasteiger partial charge in [-0.1, -0.05) is 48.9 Å². The lowest BCUT2D eigenvalue weighted by Gasteiger charge is -2.24. The summed E-state index contributed by atoms with van der Waals surface area (Å²) in [4.78, 5) is 11.4. The van der Waals surface area contributed by atoms with E-state index in [4.69, 9.17) is 13.2 Å². The molecule has 2 unspecified atom stereocenters. The van der Waals surface area contributed by atoms with Gasteiger partial charge in [-0.25, -0.2) is 0 Å². The number of aromatic nitrogens is 3. The van der Waals surface area contributed by atoms with E-state index in [0.29, 0.717) is 0 Å². The molecule has 0 N–H and O–H groups in total. The molecule has 8 heteroatoms. The van der Waals surface area contributed by atoms with E-state index in [-0.39, 0.29) is 18.0 Å². The van der Waals surface area contributed by atoms with Crippen LogP contribution in [-0.4, -0.2) is 35.5 Å². The van der Waals surface area contributed by atoms with Gasteiger partial charge in [0.15, 0.2) is 0 Å². The first-order valence-corrected chi connectivity index (χ1v) is 9.63. The predicted octanol–water partition coefficient (Wildman–Crippen LogP) is 2.98. The first-order valence-electron chi connectivity index (χ1n) is 8.97. The Bertz CT molecular complexity index is 715. The highest BCUT2D eigenvalue weighted by Crippen LogP contribution is 2.25. The van der Waals surface area contributed by atoms with Crippen LogP contribution < -0.4 is 0 Å². The van der Waals surface area contributed by atoms with Crippen molar-refractivity contribution in [3.8, 4) is 0 Å². The third kappa shape index (κ3) is 9.23. The zero-order valence-corrected chi connectivity index (χ0v) is 16.9. The quantitative estimate of drug-likeness (QED) is 0.480. The van der Waals surface area contributed by atoms with Gasteiger partial charge in [0.25, 0.3) is 0 Å². The summed E-state index contributed by atoms with van der Waals surface area (Å²) in [6.45, 7) is 3.61. The Kier molecular flexibility index (Phi) is 10.9. The fourth-order valence-electron chi connectivity index (χ4n) is 2.93. The van der Waals surface area contributed by atoms with E-state index < -0.39 is 11.6 Å². The average molecular weight is 394 g/mol. The summed E-state index contributed by atoms with van der Waals surface area (Å²) < 4.78 is 23.9. The monoisotopic (exact) mass is 393 g/mol. The minimum absolute atomic E-state index is 0.0681. The maximum Gasteiger partial charge on any atom is 0.335 e. The molecule has 148 valence electrons. The first-order chi connectivity index (χ1) is 13.0. The van der Waals surface area contributed by atoms with E-state index in [9.17, 15) is 4.79 Å². The van der Waals surface area contributed by atoms with Gasteiger partial charge in [0.2, 0.25) is 0 Å². The normalized spacial score (nSPS) is 12.4. The number of esters is 1. The van der Waals surface area contributed by atoms with E-state index >= 15 is 0 Å². The van der Waals surface area contributed by atoms with Crippen molar-refractivity contribution in [1.29, 1.82) is 0 Å². The van der Waals surface area contributed by atoms with E-state index in [1.165, 1.54) is 12.5 Å². The molecule has 1 aromatic carbocycles. The molecule has 0 saturated heterocycles. The smallest absolute Gasteiger partial charge is 0.335 e. The van der Waals surface area contributed by atoms with E-state index in [2.05, 4.69) is 29.4 Å². The number of rotatable bonds is 9. The molecule has 0 aliphatic carbocycles. The number of unbranched alkanes of at least 4 members (excludes halogenated alkanes) is 2. The maximum absolute atomic E-state index is 11.4. The Hall–Kier alpha value is -2.35. The van der Waals surface area contributed by atoms with Gasteiger partial charge in [-0.3, -0.25) is 9.48 Å². The zero-order chi connectivity index (χ0) is 20.1. The molecule has 0 saturated carbocycles. The highest BCUT2D eigenvalue weighted by Gasteiger charge is 2.21. The molecule has 0 aliphatic rings. The molecule has 27 heavy (non-hydrogen) atoms. The number of aryl methyl sites for hydroxylation is 2. The van der Waals surface area contributed by atoms with Crippen LogP contribution in [0.25, 0.3) is 0 Å². The van der Waals surface area contributed by atoms with Crippen LogP contribution in [0.5, 0.6) is 0 Å². The van der Waals surface area contributed by atoms with Crippen LogP contribution >= 0.6 is 0 Å². The first kappa shape index (κ1) is 22.7. The molecule has 0 amide bonds. The van der Waals surface area contributed by atoms with Gasteiger partial charge in [0, 0.05) is 26.1 Å². The zero-order valence-electron chi connectivity index (χ0n) is 16.0. The Balaban J connectivity index is 0.00000114. The summed E-state index contributed by atoms with van der Waals surface area (Å²) in [5.74, 6) is -0.00238. The van der Waals surface area contributed by atoms with Crippen LogP contribution in [-0.2, 0) is 34.6 Å². The number of carbonyl (C=O) groups is 1. The molecular formula is C19H27N3O4S. The Labute approximate surface area is 163 Å². The van der Waals surface area contributed by atoms with Crippen molar-refractivity contribution in [3.63, 3.8) is 0 Å². The van der Waals surface area contributed by atoms with Crippen LogP contribution in [0.15, 0.2) is 36.5 Å². The number of carbonyl (C=O) groups excluding carboxylic acids is 1. The van der Waals surface area contributed by atoms with Crippen molar-refractivity contribution in [2.45, 2.75) is 58.0 Å². The summed E-state index contributed by atoms with van der Waals surface area (Å²) in [7, 11) is 1.88. The molecule has 7 nitrogen and oxygen atoms in total. The summed E-state index contributed by atoms with van der Waals surface area (Å²) >= 11 is -0.750. The lowest BCUT2D eigenvalue weighted by atomic mass is 9.91. The van der Waals surface area contributed by atoms with E-state index in [0.717, 1.165) is 37.8 Å². The third-order valence-corrected chi connectivity index (χ3v) is 4.27. The SMILES string of the molecule is CC(=O)OC(CCCCCc1cn(C)nn1)C(C)c1ccccc1.O=S=O. The van der Waals surface area contributed by atoms with Crippen molar-refractivity contribution < 1.29 is 17.9 Å². The van der Waals surface area contributed by atoms with Crippen LogP contribution in [0.2, 0.25) is 0 Å². The average Bonchev–Trinajstić information content (AvgIpc) is 3.06. The fraction of sp³-hybridized carbons (Fsp3) is 0.526. The molecule has 1 aromatic heterocycles. The Morgan fingerprint density at radius 1 is 1.19 bits per heavy atom. The van der Waals surface area contributed by atoms with Gasteiger partial charge >= 0.3 is 17.5 Å². The number of ether oxygens (including phenoxy) is 1. The summed E-state index contributed by atoms with van der Waals surface area (Å²) in [5.41, 5.74) is 2.25. The number of benzene rings is 1. The summed E-state index contributed by atoms with van der Waals surface area (Å²) in [6.07, 6.45) is 6.92. The summed E-state index contributed by atoms with van der Waals surface area (Å²) in [5, 5.41) is 8.04. The third-order valence-electron chi connectivity index (χ3n) is 4.27. The molecule has 0 spiro atoms. The predicted molar refractivity (Wildman–Crippen MR) is 103 cm³/mol. The fourth-order valence-corrected chi connectivity index (χ4v) is 2.93. The standard InChI is InChI=1S/C19H27N3O2.O2S/c1-15(17-10-6-4-7-11-17)19(24-16(2)23)13-9-5-8-12-18-14-22(3)21-20-18;1-3-2/h4,6-7,10-11,14-15,19H,5,8-9,12-13H2,1-3H3;. The van der Waals surface area contributed by atoms with Crippen molar-refractivity contribution in [3.05, 3.63) is 47.8 Å². The van der Waals surface area contributed by atoms with Crippen molar-refractivity contribution in [2.24, 2.45) is 7.05 Å². The molecular weight excluding hydrogens is 366 g/mol. The number of nitrogens with zero attached hydrogens (tertiary/aromatic N) is 3. The molecule has 0 radical (unpaired) electrons. The van der Waals surface area contributed by atoms with Crippen LogP contribution in [0.1, 0.15) is 56.7 Å². The minimum atomic E-state index is -0.750. The number of hydrogen-bond donors (Lipinski definition) is 0. The van der Waals surface area contributed by atoms with Gasteiger partial charge in [-0.05, 0) is 31.2 Å². The second-order valence-corrected chi connectivity index (χ2v) is 6.53. The maximum atomic E-state index is 11.4. The largest absolute Gasteiger partial charge is 0.462 e. The number of hydrogen-bond acceptors (Lipinski definition) is 6. The summed E-state index contributed by atoms with van der Waals surface area (Å²) in [6, 6.07) is 10.2. The highest BCUT2D eigenvalue weighted by atomic mass is 32.1. The van der Waals surface area contributed by atoms with Crippen LogP contribution in [0.3, 0.4) is 0 Å². The molecule has 2 atom stereocenters. The molecule has 0 aliphatic heterocycles. The lowest BCUT2D eigenvalue weighted by Crippen LogP contribution is -2.23. The molecule has 2 rings (SSSR count). The van der Waals surface area contributed by atoms with Gasteiger partial charge in [0.1, 0.15) is 6.10 Å². The van der Waals surface area contributed by atoms with E-state index in [1.54, 1.807) is 4.68 Å². The lowest BCUT2D eigenvalue weighted by molar-refractivity contribution is -0.147. The molecule has 2 aromatic rings. The Morgan fingerprint density at radius 2 is 1.85 bits per heavy atom. The van der Waals surface area contributed by atoms with Crippen LogP contribution in [0, 0.1) is 0 Å². The topological polar surface area (TPSA) is 91.2 Å². The van der Waals surface area contributed by atoms with Crippen molar-refractivity contribution >= 4 is 17.5 Å². The Morgan fingerprint density at radius 3 is 2.41 bits per heavy atom. The van der Waals surface area contributed by atoms with Crippen LogP contribution in [0.4, 0.5) is 0 Å². The second kappa shape index (κ2) is 12.9. The molecule has 0 bridgehead atoms. The van der Waals surface area contributed by atoms with Crippen molar-refractivity contribution in [2.75, 3.05) is 0 Å². The molecule has 1 heterocycles. The highest BCUT2D eigenvalue weighted by molar-refractivity contribution is 7.51. The van der Waals surface area contributed by atoms with Gasteiger partial charge < -0.3 is 4.74 Å². The molecule has 0 fully saturated rings. The minimum Gasteiger partial charge on any atom is -0.462 e. The van der Waals surface area contributed by atoms with E-state index in [1.807, 2.05) is 31.4 Å². The van der Waals surface area contributed by atoms with Gasteiger partial charge in [0.05, 0.1) is 5.69 Å². The van der Waals surface area contributed by atoms with Crippen molar-refractivity contribution in [1.82, 2.24) is 15.0 Å². The second-order valence-electron chi connectivity index (χ2n) is 6.40.